The summed E-state index contributed by atoms with van der Waals surface area (Å²) in [7, 11) is 1.71. The van der Waals surface area contributed by atoms with Crippen LogP contribution in [0.3, 0.4) is 0 Å². The number of methoxy groups -OCH3 is 1. The molecule has 0 saturated heterocycles. The molecule has 0 aromatic heterocycles. The number of aliphatic hydroxyl groups is 1. The van der Waals surface area contributed by atoms with Crippen LogP contribution in [0, 0.1) is 5.41 Å². The number of aliphatic hydroxyl groups excluding tert-OH is 1. The maximum Gasteiger partial charge on any atom is 0.0713 e. The lowest BCUT2D eigenvalue weighted by molar-refractivity contribution is 0.185. The van der Waals surface area contributed by atoms with Crippen molar-refractivity contribution in [1.82, 2.24) is 5.32 Å². The Kier molecular flexibility index (Phi) is 4.15. The minimum Gasteiger partial charge on any atom is -0.396 e. The highest BCUT2D eigenvalue weighted by molar-refractivity contribution is 5.22. The summed E-state index contributed by atoms with van der Waals surface area (Å²) >= 11 is 0. The van der Waals surface area contributed by atoms with Crippen molar-refractivity contribution in [3.05, 3.63) is 35.4 Å². The predicted molar refractivity (Wildman–Crippen MR) is 67.6 cm³/mol. The second kappa shape index (κ2) is 5.63. The second-order valence-electron chi connectivity index (χ2n) is 5.01. The molecule has 1 fully saturated rings. The van der Waals surface area contributed by atoms with Gasteiger partial charge in [-0.2, -0.15) is 0 Å². The smallest absolute Gasteiger partial charge is 0.0713 e. The van der Waals surface area contributed by atoms with Crippen LogP contribution in [0.15, 0.2) is 24.3 Å². The zero-order valence-corrected chi connectivity index (χ0v) is 10.4. The number of hydrogen-bond donors (Lipinski definition) is 2. The van der Waals surface area contributed by atoms with Crippen LogP contribution in [0.2, 0.25) is 0 Å². The van der Waals surface area contributed by atoms with E-state index >= 15 is 0 Å². The standard InChI is InChI=1S/C14H21NO2/c1-17-9-13-4-2-3-12(7-13)8-15-10-14(11-16)5-6-14/h2-4,7,15-16H,5-6,8-11H2,1H3. The Labute approximate surface area is 103 Å². The SMILES string of the molecule is COCc1cccc(CNCC2(CO)CC2)c1. The van der Waals surface area contributed by atoms with Gasteiger partial charge in [0.1, 0.15) is 0 Å². The van der Waals surface area contributed by atoms with Crippen molar-refractivity contribution < 1.29 is 9.84 Å². The molecule has 3 heteroatoms. The van der Waals surface area contributed by atoms with Gasteiger partial charge in [-0.1, -0.05) is 24.3 Å². The third-order valence-electron chi connectivity index (χ3n) is 3.42. The van der Waals surface area contributed by atoms with Gasteiger partial charge in [0.2, 0.25) is 0 Å². The van der Waals surface area contributed by atoms with Crippen LogP contribution < -0.4 is 5.32 Å². The number of benzene rings is 1. The molecule has 2 N–H and O–H groups in total. The average Bonchev–Trinajstić information content (AvgIpc) is 3.11. The van der Waals surface area contributed by atoms with Gasteiger partial charge < -0.3 is 15.2 Å². The van der Waals surface area contributed by atoms with Crippen LogP contribution in [0.1, 0.15) is 24.0 Å². The highest BCUT2D eigenvalue weighted by Gasteiger charge is 2.41. The molecule has 0 aliphatic heterocycles. The zero-order valence-electron chi connectivity index (χ0n) is 10.4. The molecule has 2 rings (SSSR count). The molecule has 1 aliphatic rings. The van der Waals surface area contributed by atoms with Crippen LogP contribution in [0.5, 0.6) is 0 Å². The first kappa shape index (κ1) is 12.6. The minimum absolute atomic E-state index is 0.185. The van der Waals surface area contributed by atoms with E-state index in [4.69, 9.17) is 4.74 Å². The molecule has 0 unspecified atom stereocenters. The van der Waals surface area contributed by atoms with Crippen molar-refractivity contribution in [2.45, 2.75) is 26.0 Å². The quantitative estimate of drug-likeness (QED) is 0.756. The summed E-state index contributed by atoms with van der Waals surface area (Å²) in [4.78, 5) is 0. The van der Waals surface area contributed by atoms with E-state index in [-0.39, 0.29) is 5.41 Å². The predicted octanol–water partition coefficient (Wildman–Crippen LogP) is 1.70. The van der Waals surface area contributed by atoms with Crippen molar-refractivity contribution in [2.75, 3.05) is 20.3 Å². The van der Waals surface area contributed by atoms with Gasteiger partial charge in [0, 0.05) is 32.2 Å². The first-order valence-corrected chi connectivity index (χ1v) is 6.16. The zero-order chi connectivity index (χ0) is 12.1. The fourth-order valence-electron chi connectivity index (χ4n) is 2.04. The van der Waals surface area contributed by atoms with Gasteiger partial charge >= 0.3 is 0 Å². The summed E-state index contributed by atoms with van der Waals surface area (Å²) in [5.74, 6) is 0. The lowest BCUT2D eigenvalue weighted by atomic mass is 10.1. The average molecular weight is 235 g/mol. The highest BCUT2D eigenvalue weighted by Crippen LogP contribution is 2.44. The first-order chi connectivity index (χ1) is 8.28. The molecular formula is C14H21NO2. The van der Waals surface area contributed by atoms with E-state index in [2.05, 4.69) is 29.6 Å². The van der Waals surface area contributed by atoms with Gasteiger partial charge in [0.25, 0.3) is 0 Å². The molecule has 0 radical (unpaired) electrons. The Morgan fingerprint density at radius 1 is 1.35 bits per heavy atom. The van der Waals surface area contributed by atoms with Gasteiger partial charge in [0.15, 0.2) is 0 Å². The van der Waals surface area contributed by atoms with Crippen LogP contribution in [-0.4, -0.2) is 25.4 Å². The molecule has 0 bridgehead atoms. The Morgan fingerprint density at radius 2 is 2.12 bits per heavy atom. The van der Waals surface area contributed by atoms with E-state index < -0.39 is 0 Å². The lowest BCUT2D eigenvalue weighted by Gasteiger charge is -2.13. The third kappa shape index (κ3) is 3.53. The third-order valence-corrected chi connectivity index (χ3v) is 3.42. The van der Waals surface area contributed by atoms with Gasteiger partial charge in [0.05, 0.1) is 6.61 Å². The summed E-state index contributed by atoms with van der Waals surface area (Å²) < 4.78 is 5.12. The molecule has 1 aliphatic carbocycles. The van der Waals surface area contributed by atoms with Crippen molar-refractivity contribution >= 4 is 0 Å². The van der Waals surface area contributed by atoms with Gasteiger partial charge in [-0.25, -0.2) is 0 Å². The summed E-state index contributed by atoms with van der Waals surface area (Å²) in [6, 6.07) is 8.41. The van der Waals surface area contributed by atoms with Crippen molar-refractivity contribution in [2.24, 2.45) is 5.41 Å². The number of nitrogens with one attached hydrogen (secondary N) is 1. The van der Waals surface area contributed by atoms with Gasteiger partial charge in [-0.15, -0.1) is 0 Å². The molecule has 0 atom stereocenters. The largest absolute Gasteiger partial charge is 0.396 e. The monoisotopic (exact) mass is 235 g/mol. The van der Waals surface area contributed by atoms with E-state index in [0.717, 1.165) is 25.9 Å². The molecular weight excluding hydrogens is 214 g/mol. The molecule has 0 amide bonds. The number of rotatable bonds is 7. The van der Waals surface area contributed by atoms with E-state index in [1.54, 1.807) is 7.11 Å². The van der Waals surface area contributed by atoms with Crippen molar-refractivity contribution in [3.8, 4) is 0 Å². The fraction of sp³-hybridized carbons (Fsp3) is 0.571. The topological polar surface area (TPSA) is 41.5 Å². The van der Waals surface area contributed by atoms with E-state index in [1.807, 2.05) is 0 Å². The Hall–Kier alpha value is -0.900. The summed E-state index contributed by atoms with van der Waals surface area (Å²) in [6.45, 7) is 2.75. The second-order valence-corrected chi connectivity index (χ2v) is 5.01. The van der Waals surface area contributed by atoms with Gasteiger partial charge in [-0.3, -0.25) is 0 Å². The Balaban J connectivity index is 1.80. The molecule has 0 heterocycles. The molecule has 1 aromatic rings. The van der Waals surface area contributed by atoms with E-state index in [1.165, 1.54) is 11.1 Å². The molecule has 1 saturated carbocycles. The molecule has 1 aromatic carbocycles. The van der Waals surface area contributed by atoms with E-state index in [0.29, 0.717) is 13.2 Å². The van der Waals surface area contributed by atoms with Crippen LogP contribution in [0.4, 0.5) is 0 Å². The molecule has 0 spiro atoms. The van der Waals surface area contributed by atoms with Crippen molar-refractivity contribution in [3.63, 3.8) is 0 Å². The van der Waals surface area contributed by atoms with E-state index in [9.17, 15) is 5.11 Å². The summed E-state index contributed by atoms with van der Waals surface area (Å²) in [5, 5.41) is 12.6. The van der Waals surface area contributed by atoms with Crippen LogP contribution >= 0.6 is 0 Å². The minimum atomic E-state index is 0.185. The normalized spacial score (nSPS) is 17.1. The first-order valence-electron chi connectivity index (χ1n) is 6.16. The van der Waals surface area contributed by atoms with Crippen LogP contribution in [0.25, 0.3) is 0 Å². The molecule has 17 heavy (non-hydrogen) atoms. The highest BCUT2D eigenvalue weighted by atomic mass is 16.5. The summed E-state index contributed by atoms with van der Waals surface area (Å²) in [6.07, 6.45) is 2.31. The summed E-state index contributed by atoms with van der Waals surface area (Å²) in [5.41, 5.74) is 2.66. The fourth-order valence-corrected chi connectivity index (χ4v) is 2.04. The Morgan fingerprint density at radius 3 is 2.76 bits per heavy atom. The number of ether oxygens (including phenoxy) is 1. The maximum absolute atomic E-state index is 9.21. The van der Waals surface area contributed by atoms with Gasteiger partial charge in [-0.05, 0) is 24.0 Å². The Bertz CT molecular complexity index is 361. The maximum atomic E-state index is 9.21. The molecule has 3 nitrogen and oxygen atoms in total. The van der Waals surface area contributed by atoms with Crippen LogP contribution in [-0.2, 0) is 17.9 Å². The van der Waals surface area contributed by atoms with Crippen molar-refractivity contribution in [1.29, 1.82) is 0 Å². The lowest BCUT2D eigenvalue weighted by Crippen LogP contribution is -2.26. The number of hydrogen-bond acceptors (Lipinski definition) is 3. The molecule has 94 valence electrons.